The molecule has 0 bridgehead atoms. The van der Waals surface area contributed by atoms with Crippen LogP contribution in [-0.4, -0.2) is 28.7 Å². The second-order valence-electron chi connectivity index (χ2n) is 6.09. The highest BCUT2D eigenvalue weighted by atomic mass is 16.1. The summed E-state index contributed by atoms with van der Waals surface area (Å²) in [5.74, 6) is 0.566. The first kappa shape index (κ1) is 15.6. The number of aryl methyl sites for hydroxylation is 2. The minimum Gasteiger partial charge on any atom is -0.326 e. The Bertz CT molecular complexity index is 1090. The smallest absolute Gasteiger partial charge is 0.326 e. The van der Waals surface area contributed by atoms with Crippen molar-refractivity contribution in [1.82, 2.24) is 28.7 Å². The Kier molecular flexibility index (Phi) is 3.83. The van der Waals surface area contributed by atoms with Crippen LogP contribution in [0.5, 0.6) is 0 Å². The van der Waals surface area contributed by atoms with E-state index in [9.17, 15) is 4.79 Å². The Morgan fingerprint density at radius 3 is 2.44 bits per heavy atom. The highest BCUT2D eigenvalue weighted by Gasteiger charge is 2.20. The van der Waals surface area contributed by atoms with Crippen LogP contribution in [0.3, 0.4) is 0 Å². The third-order valence-corrected chi connectivity index (χ3v) is 4.31. The van der Waals surface area contributed by atoms with Gasteiger partial charge in [-0.15, -0.1) is 10.2 Å². The fourth-order valence-corrected chi connectivity index (χ4v) is 3.24. The van der Waals surface area contributed by atoms with E-state index >= 15 is 0 Å². The Labute approximate surface area is 144 Å². The van der Waals surface area contributed by atoms with Crippen molar-refractivity contribution in [2.75, 3.05) is 0 Å². The van der Waals surface area contributed by atoms with Crippen molar-refractivity contribution in [3.8, 4) is 11.4 Å². The zero-order valence-corrected chi connectivity index (χ0v) is 14.4. The van der Waals surface area contributed by atoms with Crippen LogP contribution in [0.2, 0.25) is 0 Å². The Hall–Kier alpha value is -2.96. The molecular formula is C18H20N6O. The summed E-state index contributed by atoms with van der Waals surface area (Å²) in [5, 5.41) is 8.66. The molecule has 1 aromatic carbocycles. The van der Waals surface area contributed by atoms with Crippen LogP contribution in [0.1, 0.15) is 26.7 Å². The van der Waals surface area contributed by atoms with E-state index in [0.717, 1.165) is 30.5 Å². The molecule has 0 aliphatic heterocycles. The van der Waals surface area contributed by atoms with E-state index in [1.54, 1.807) is 15.3 Å². The molecule has 4 rings (SSSR count). The van der Waals surface area contributed by atoms with Gasteiger partial charge in [0.05, 0.1) is 6.33 Å². The summed E-state index contributed by atoms with van der Waals surface area (Å²) in [4.78, 5) is 17.6. The van der Waals surface area contributed by atoms with E-state index in [4.69, 9.17) is 0 Å². The average molecular weight is 336 g/mol. The van der Waals surface area contributed by atoms with Gasteiger partial charge in [0, 0.05) is 18.7 Å². The van der Waals surface area contributed by atoms with Gasteiger partial charge in [-0.3, -0.25) is 4.57 Å². The van der Waals surface area contributed by atoms with E-state index in [-0.39, 0.29) is 5.69 Å². The van der Waals surface area contributed by atoms with Gasteiger partial charge in [-0.1, -0.05) is 44.2 Å². The van der Waals surface area contributed by atoms with Crippen LogP contribution >= 0.6 is 0 Å². The molecule has 4 aromatic rings. The molecule has 0 aliphatic carbocycles. The number of rotatable bonds is 5. The van der Waals surface area contributed by atoms with Crippen molar-refractivity contribution in [2.24, 2.45) is 0 Å². The highest BCUT2D eigenvalue weighted by molar-refractivity contribution is 5.87. The second-order valence-corrected chi connectivity index (χ2v) is 6.09. The lowest BCUT2D eigenvalue weighted by Gasteiger charge is -2.09. The number of aromatic nitrogens is 6. The van der Waals surface area contributed by atoms with Gasteiger partial charge in [-0.2, -0.15) is 0 Å². The van der Waals surface area contributed by atoms with Gasteiger partial charge in [-0.25, -0.2) is 14.2 Å². The summed E-state index contributed by atoms with van der Waals surface area (Å²) in [5.41, 5.74) is 2.84. The lowest BCUT2D eigenvalue weighted by Crippen LogP contribution is -2.28. The topological polar surface area (TPSA) is 70.0 Å². The Morgan fingerprint density at radius 1 is 0.960 bits per heavy atom. The van der Waals surface area contributed by atoms with Crippen molar-refractivity contribution in [3.63, 3.8) is 0 Å². The largest absolute Gasteiger partial charge is 0.337 e. The molecule has 0 amide bonds. The molecule has 0 atom stereocenters. The molecule has 0 saturated heterocycles. The first-order valence-electron chi connectivity index (χ1n) is 8.64. The molecule has 0 N–H and O–H groups in total. The molecule has 0 unspecified atom stereocenters. The van der Waals surface area contributed by atoms with Crippen LogP contribution in [0.4, 0.5) is 0 Å². The number of imidazole rings is 1. The van der Waals surface area contributed by atoms with E-state index in [0.29, 0.717) is 23.7 Å². The number of nitrogens with zero attached hydrogens (tertiary/aromatic N) is 6. The van der Waals surface area contributed by atoms with Crippen LogP contribution in [0, 0.1) is 0 Å². The SMILES string of the molecule is CCCn1cnc2c1c1nnc(-c3ccccc3)n1c(=O)n2CCC. The highest BCUT2D eigenvalue weighted by Crippen LogP contribution is 2.22. The molecular weight excluding hydrogens is 316 g/mol. The molecule has 0 radical (unpaired) electrons. The first-order chi connectivity index (χ1) is 12.3. The third-order valence-electron chi connectivity index (χ3n) is 4.31. The van der Waals surface area contributed by atoms with Crippen molar-refractivity contribution in [3.05, 3.63) is 47.1 Å². The predicted molar refractivity (Wildman–Crippen MR) is 96.6 cm³/mol. The van der Waals surface area contributed by atoms with Gasteiger partial charge in [-0.05, 0) is 12.8 Å². The molecule has 3 heterocycles. The summed E-state index contributed by atoms with van der Waals surface area (Å²) < 4.78 is 5.39. The van der Waals surface area contributed by atoms with Gasteiger partial charge in [0.25, 0.3) is 0 Å². The van der Waals surface area contributed by atoms with Crippen LogP contribution in [0.15, 0.2) is 41.5 Å². The third kappa shape index (κ3) is 2.34. The predicted octanol–water partition coefficient (Wildman–Crippen LogP) is 2.73. The lowest BCUT2D eigenvalue weighted by atomic mass is 10.2. The zero-order chi connectivity index (χ0) is 17.4. The molecule has 7 heteroatoms. The molecule has 3 aromatic heterocycles. The number of benzene rings is 1. The quantitative estimate of drug-likeness (QED) is 0.562. The van der Waals surface area contributed by atoms with Gasteiger partial charge >= 0.3 is 5.69 Å². The number of hydrogen-bond donors (Lipinski definition) is 0. The molecule has 0 aliphatic rings. The summed E-state index contributed by atoms with van der Waals surface area (Å²) in [6.07, 6.45) is 3.62. The summed E-state index contributed by atoms with van der Waals surface area (Å²) in [7, 11) is 0. The maximum atomic E-state index is 13.2. The van der Waals surface area contributed by atoms with Crippen LogP contribution in [0.25, 0.3) is 28.2 Å². The lowest BCUT2D eigenvalue weighted by molar-refractivity contribution is 0.647. The molecule has 0 spiro atoms. The first-order valence-corrected chi connectivity index (χ1v) is 8.64. The molecule has 128 valence electrons. The zero-order valence-electron chi connectivity index (χ0n) is 14.4. The van der Waals surface area contributed by atoms with Crippen LogP contribution in [-0.2, 0) is 13.1 Å². The van der Waals surface area contributed by atoms with Crippen LogP contribution < -0.4 is 5.69 Å². The van der Waals surface area contributed by atoms with Crippen molar-refractivity contribution < 1.29 is 0 Å². The average Bonchev–Trinajstić information content (AvgIpc) is 3.24. The Balaban J connectivity index is 2.13. The van der Waals surface area contributed by atoms with Crippen molar-refractivity contribution >= 4 is 16.8 Å². The number of hydrogen-bond acceptors (Lipinski definition) is 4. The number of fused-ring (bicyclic) bond motifs is 3. The summed E-state index contributed by atoms with van der Waals surface area (Å²) >= 11 is 0. The van der Waals surface area contributed by atoms with Crippen molar-refractivity contribution in [1.29, 1.82) is 0 Å². The molecule has 7 nitrogen and oxygen atoms in total. The van der Waals surface area contributed by atoms with E-state index in [2.05, 4.69) is 33.6 Å². The molecule has 25 heavy (non-hydrogen) atoms. The normalized spacial score (nSPS) is 11.6. The Morgan fingerprint density at radius 2 is 1.72 bits per heavy atom. The second kappa shape index (κ2) is 6.16. The maximum Gasteiger partial charge on any atom is 0.337 e. The van der Waals surface area contributed by atoms with Gasteiger partial charge in [0.15, 0.2) is 17.1 Å². The minimum atomic E-state index is -0.144. The molecule has 0 fully saturated rings. The van der Waals surface area contributed by atoms with E-state index in [1.165, 1.54) is 0 Å². The standard InChI is InChI=1S/C18H20N6O/c1-3-10-22-12-19-16-14(22)17-21-20-15(13-8-6-5-7-9-13)24(17)18(25)23(16)11-4-2/h5-9,12H,3-4,10-11H2,1-2H3. The van der Waals surface area contributed by atoms with Crippen molar-refractivity contribution in [2.45, 2.75) is 39.8 Å². The van der Waals surface area contributed by atoms with Gasteiger partial charge < -0.3 is 4.57 Å². The van der Waals surface area contributed by atoms with Gasteiger partial charge in [0.1, 0.15) is 5.52 Å². The van der Waals surface area contributed by atoms with E-state index in [1.807, 2.05) is 30.3 Å². The summed E-state index contributed by atoms with van der Waals surface area (Å²) in [6.45, 7) is 5.60. The monoisotopic (exact) mass is 336 g/mol. The van der Waals surface area contributed by atoms with Gasteiger partial charge in [0.2, 0.25) is 0 Å². The summed E-state index contributed by atoms with van der Waals surface area (Å²) in [6, 6.07) is 9.68. The fourth-order valence-electron chi connectivity index (χ4n) is 3.24. The molecule has 0 saturated carbocycles. The van der Waals surface area contributed by atoms with E-state index < -0.39 is 0 Å². The fraction of sp³-hybridized carbons (Fsp3) is 0.333. The minimum absolute atomic E-state index is 0.144. The maximum absolute atomic E-state index is 13.2.